The van der Waals surface area contributed by atoms with Gasteiger partial charge in [-0.3, -0.25) is 5.43 Å². The monoisotopic (exact) mass is 294 g/mol. The molecule has 7 nitrogen and oxygen atoms in total. The fraction of sp³-hybridized carbons (Fsp3) is 0.250. The van der Waals surface area contributed by atoms with Crippen molar-refractivity contribution in [2.75, 3.05) is 24.4 Å². The van der Waals surface area contributed by atoms with Crippen LogP contribution in [-0.2, 0) is 6.61 Å². The fourth-order valence-electron chi connectivity index (χ4n) is 1.40. The smallest absolute Gasteiger partial charge is 0.323 e. The lowest BCUT2D eigenvalue weighted by Crippen LogP contribution is -2.18. The molecule has 0 saturated heterocycles. The number of hydrogen-bond donors (Lipinski definition) is 2. The van der Waals surface area contributed by atoms with Crippen molar-refractivity contribution in [3.8, 4) is 6.01 Å². The summed E-state index contributed by atoms with van der Waals surface area (Å²) in [7, 11) is 3.64. The first kappa shape index (κ1) is 14.3. The second-order valence-electron chi connectivity index (χ2n) is 4.20. The summed E-state index contributed by atoms with van der Waals surface area (Å²) in [6.45, 7) is 0.331. The first-order chi connectivity index (χ1) is 9.58. The molecule has 0 bridgehead atoms. The average Bonchev–Trinajstić information content (AvgIpc) is 2.46. The summed E-state index contributed by atoms with van der Waals surface area (Å²) in [5, 5.41) is 0.679. The maximum Gasteiger partial charge on any atom is 0.323 e. The number of nitrogens with one attached hydrogen (secondary N) is 1. The molecule has 2 aromatic rings. The maximum atomic E-state index is 5.82. The molecule has 0 amide bonds. The van der Waals surface area contributed by atoms with Gasteiger partial charge in [0.15, 0.2) is 0 Å². The Labute approximate surface area is 121 Å². The Morgan fingerprint density at radius 3 is 2.50 bits per heavy atom. The van der Waals surface area contributed by atoms with Crippen LogP contribution in [0.2, 0.25) is 5.02 Å². The molecular weight excluding hydrogens is 280 g/mol. The van der Waals surface area contributed by atoms with Gasteiger partial charge in [0.1, 0.15) is 6.61 Å². The Morgan fingerprint density at radius 2 is 1.90 bits per heavy atom. The van der Waals surface area contributed by atoms with E-state index in [0.29, 0.717) is 17.6 Å². The SMILES string of the molecule is CN(C)c1nc(NN)nc(OCc2ccc(Cl)cc2)n1. The Hall–Kier alpha value is -2.12. The zero-order valence-corrected chi connectivity index (χ0v) is 11.9. The van der Waals surface area contributed by atoms with Crippen molar-refractivity contribution in [2.24, 2.45) is 5.84 Å². The van der Waals surface area contributed by atoms with Crippen LogP contribution in [0.15, 0.2) is 24.3 Å². The highest BCUT2D eigenvalue weighted by molar-refractivity contribution is 6.30. The van der Waals surface area contributed by atoms with E-state index < -0.39 is 0 Å². The molecule has 0 unspecified atom stereocenters. The molecule has 0 spiro atoms. The van der Waals surface area contributed by atoms with Gasteiger partial charge >= 0.3 is 6.01 Å². The Kier molecular flexibility index (Phi) is 4.54. The molecule has 8 heteroatoms. The second kappa shape index (κ2) is 6.36. The number of ether oxygens (including phenoxy) is 1. The topological polar surface area (TPSA) is 89.2 Å². The van der Waals surface area contributed by atoms with E-state index in [1.165, 1.54) is 0 Å². The molecule has 0 fully saturated rings. The predicted molar refractivity (Wildman–Crippen MR) is 77.7 cm³/mol. The summed E-state index contributed by atoms with van der Waals surface area (Å²) in [5.41, 5.74) is 3.34. The van der Waals surface area contributed by atoms with Crippen molar-refractivity contribution in [3.05, 3.63) is 34.9 Å². The van der Waals surface area contributed by atoms with Gasteiger partial charge in [-0.2, -0.15) is 15.0 Å². The van der Waals surface area contributed by atoms with Crippen LogP contribution in [0.25, 0.3) is 0 Å². The van der Waals surface area contributed by atoms with Gasteiger partial charge in [-0.25, -0.2) is 5.84 Å². The molecule has 0 aliphatic carbocycles. The van der Waals surface area contributed by atoms with Gasteiger partial charge in [0.25, 0.3) is 0 Å². The average molecular weight is 295 g/mol. The van der Waals surface area contributed by atoms with Gasteiger partial charge in [-0.1, -0.05) is 23.7 Å². The molecule has 1 heterocycles. The highest BCUT2D eigenvalue weighted by Crippen LogP contribution is 2.15. The van der Waals surface area contributed by atoms with Crippen LogP contribution in [0.3, 0.4) is 0 Å². The van der Waals surface area contributed by atoms with Gasteiger partial charge in [0, 0.05) is 19.1 Å². The molecule has 0 atom stereocenters. The first-order valence-corrected chi connectivity index (χ1v) is 6.23. The summed E-state index contributed by atoms with van der Waals surface area (Å²) in [6, 6.07) is 7.54. The lowest BCUT2D eigenvalue weighted by molar-refractivity contribution is 0.280. The van der Waals surface area contributed by atoms with E-state index in [9.17, 15) is 0 Å². The zero-order chi connectivity index (χ0) is 14.5. The van der Waals surface area contributed by atoms with Crippen LogP contribution < -0.4 is 20.9 Å². The number of benzene rings is 1. The minimum absolute atomic E-state index is 0.201. The van der Waals surface area contributed by atoms with Crippen molar-refractivity contribution < 1.29 is 4.74 Å². The number of hydrogen-bond acceptors (Lipinski definition) is 7. The van der Waals surface area contributed by atoms with E-state index in [4.69, 9.17) is 22.2 Å². The number of halogens is 1. The van der Waals surface area contributed by atoms with Crippen molar-refractivity contribution in [3.63, 3.8) is 0 Å². The quantitative estimate of drug-likeness (QED) is 0.637. The number of nitrogens with zero attached hydrogens (tertiary/aromatic N) is 4. The minimum atomic E-state index is 0.201. The van der Waals surface area contributed by atoms with Crippen molar-refractivity contribution >= 4 is 23.5 Å². The van der Waals surface area contributed by atoms with Gasteiger partial charge in [0.05, 0.1) is 0 Å². The predicted octanol–water partition coefficient (Wildman–Crippen LogP) is 1.46. The van der Waals surface area contributed by atoms with Crippen LogP contribution in [0.4, 0.5) is 11.9 Å². The van der Waals surface area contributed by atoms with Crippen LogP contribution in [0.1, 0.15) is 5.56 Å². The highest BCUT2D eigenvalue weighted by Gasteiger charge is 2.08. The van der Waals surface area contributed by atoms with Crippen LogP contribution in [0, 0.1) is 0 Å². The molecule has 2 rings (SSSR count). The Bertz CT molecular complexity index is 575. The van der Waals surface area contributed by atoms with E-state index >= 15 is 0 Å². The van der Waals surface area contributed by atoms with Gasteiger partial charge < -0.3 is 9.64 Å². The normalized spacial score (nSPS) is 10.2. The van der Waals surface area contributed by atoms with E-state index in [1.807, 2.05) is 26.2 Å². The van der Waals surface area contributed by atoms with Crippen molar-refractivity contribution in [1.29, 1.82) is 0 Å². The number of hydrazine groups is 1. The molecule has 1 aromatic heterocycles. The Balaban J connectivity index is 2.12. The van der Waals surface area contributed by atoms with E-state index in [2.05, 4.69) is 20.4 Å². The van der Waals surface area contributed by atoms with Gasteiger partial charge in [-0.15, -0.1) is 0 Å². The largest absolute Gasteiger partial charge is 0.458 e. The number of rotatable bonds is 5. The molecule has 0 saturated carbocycles. The number of nitrogen functional groups attached to an aromatic ring is 1. The lowest BCUT2D eigenvalue weighted by atomic mass is 10.2. The third-order valence-electron chi connectivity index (χ3n) is 2.41. The molecule has 3 N–H and O–H groups in total. The molecule has 0 radical (unpaired) electrons. The molecule has 106 valence electrons. The Morgan fingerprint density at radius 1 is 1.20 bits per heavy atom. The molecule has 0 aliphatic heterocycles. The second-order valence-corrected chi connectivity index (χ2v) is 4.63. The summed E-state index contributed by atoms with van der Waals surface area (Å²) in [5.74, 6) is 6.02. The molecule has 0 aliphatic rings. The number of aromatic nitrogens is 3. The van der Waals surface area contributed by atoms with E-state index in [-0.39, 0.29) is 12.0 Å². The van der Waals surface area contributed by atoms with Crippen LogP contribution in [-0.4, -0.2) is 29.0 Å². The van der Waals surface area contributed by atoms with Crippen LogP contribution >= 0.6 is 11.6 Å². The van der Waals surface area contributed by atoms with E-state index in [1.54, 1.807) is 17.0 Å². The van der Waals surface area contributed by atoms with Gasteiger partial charge in [0.2, 0.25) is 11.9 Å². The van der Waals surface area contributed by atoms with Crippen LogP contribution in [0.5, 0.6) is 6.01 Å². The first-order valence-electron chi connectivity index (χ1n) is 5.86. The number of nitrogens with two attached hydrogens (primary N) is 1. The van der Waals surface area contributed by atoms with Crippen molar-refractivity contribution in [2.45, 2.75) is 6.61 Å². The summed E-state index contributed by atoms with van der Waals surface area (Å²) < 4.78 is 5.54. The molecule has 1 aromatic carbocycles. The lowest BCUT2D eigenvalue weighted by Gasteiger charge is -2.12. The maximum absolute atomic E-state index is 5.82. The molecular formula is C12H15ClN6O. The summed E-state index contributed by atoms with van der Waals surface area (Å²) in [6.07, 6.45) is 0. The van der Waals surface area contributed by atoms with Gasteiger partial charge in [-0.05, 0) is 17.7 Å². The summed E-state index contributed by atoms with van der Waals surface area (Å²) in [4.78, 5) is 14.0. The summed E-state index contributed by atoms with van der Waals surface area (Å²) >= 11 is 5.82. The third kappa shape index (κ3) is 3.69. The standard InChI is InChI=1S/C12H15ClN6O/c1-19(2)11-15-10(18-14)16-12(17-11)20-7-8-3-5-9(13)6-4-8/h3-6H,7,14H2,1-2H3,(H,15,16,17,18). The highest BCUT2D eigenvalue weighted by atomic mass is 35.5. The minimum Gasteiger partial charge on any atom is -0.458 e. The van der Waals surface area contributed by atoms with E-state index in [0.717, 1.165) is 5.56 Å². The molecule has 20 heavy (non-hydrogen) atoms. The third-order valence-corrected chi connectivity index (χ3v) is 2.67. The van der Waals surface area contributed by atoms with Crippen molar-refractivity contribution in [1.82, 2.24) is 15.0 Å². The number of anilines is 2. The fourth-order valence-corrected chi connectivity index (χ4v) is 1.53. The zero-order valence-electron chi connectivity index (χ0n) is 11.2.